The zero-order chi connectivity index (χ0) is 14.9. The summed E-state index contributed by atoms with van der Waals surface area (Å²) in [6, 6.07) is 3.62. The van der Waals surface area contributed by atoms with E-state index in [0.29, 0.717) is 5.82 Å². The van der Waals surface area contributed by atoms with Crippen molar-refractivity contribution in [1.29, 1.82) is 0 Å². The highest BCUT2D eigenvalue weighted by Crippen LogP contribution is 2.28. The van der Waals surface area contributed by atoms with Gasteiger partial charge in [0.2, 0.25) is 0 Å². The van der Waals surface area contributed by atoms with E-state index in [4.69, 9.17) is 11.6 Å². The van der Waals surface area contributed by atoms with Gasteiger partial charge in [-0.2, -0.15) is 8.42 Å². The normalized spacial score (nSPS) is 11.3. The highest BCUT2D eigenvalue weighted by Gasteiger charge is 2.19. The number of anilines is 1. The maximum Gasteiger partial charge on any atom is 0.289 e. The summed E-state index contributed by atoms with van der Waals surface area (Å²) in [6.45, 7) is 1.60. The fourth-order valence-corrected chi connectivity index (χ4v) is 2.67. The number of nitrogens with zero attached hydrogens (tertiary/aromatic N) is 2. The monoisotopic (exact) mass is 316 g/mol. The molecule has 0 saturated heterocycles. The number of aryl methyl sites for hydroxylation is 1. The van der Waals surface area contributed by atoms with E-state index >= 15 is 0 Å². The molecule has 0 radical (unpaired) electrons. The highest BCUT2D eigenvalue weighted by molar-refractivity contribution is 7.92. The van der Waals surface area contributed by atoms with Crippen LogP contribution in [0.15, 0.2) is 29.4 Å². The summed E-state index contributed by atoms with van der Waals surface area (Å²) in [5.74, 6) is 0.437. The Hall–Kier alpha value is -2.13. The van der Waals surface area contributed by atoms with Crippen molar-refractivity contribution in [1.82, 2.24) is 9.97 Å². The van der Waals surface area contributed by atoms with Crippen LogP contribution in [-0.4, -0.2) is 23.3 Å². The lowest BCUT2D eigenvalue weighted by Crippen LogP contribution is -2.13. The zero-order valence-corrected chi connectivity index (χ0v) is 11.7. The lowest BCUT2D eigenvalue weighted by Gasteiger charge is -2.06. The van der Waals surface area contributed by atoms with Gasteiger partial charge in [0.1, 0.15) is 10.8 Å². The van der Waals surface area contributed by atoms with Crippen LogP contribution < -0.4 is 4.72 Å². The van der Waals surface area contributed by atoms with Crippen LogP contribution in [-0.2, 0) is 10.0 Å². The SMILES string of the molecule is Cc1ncc(S(=O)(=O)Nc2ccc(Cl)c([N+](=O)[O-])c2)[nH]1. The van der Waals surface area contributed by atoms with Crippen molar-refractivity contribution in [3.05, 3.63) is 45.4 Å². The maximum absolute atomic E-state index is 12.0. The molecule has 2 N–H and O–H groups in total. The summed E-state index contributed by atoms with van der Waals surface area (Å²) >= 11 is 5.65. The molecular weight excluding hydrogens is 308 g/mol. The Kier molecular flexibility index (Phi) is 3.64. The first-order chi connectivity index (χ1) is 9.29. The lowest BCUT2D eigenvalue weighted by molar-refractivity contribution is -0.384. The second kappa shape index (κ2) is 5.10. The number of sulfonamides is 1. The fourth-order valence-electron chi connectivity index (χ4n) is 1.46. The van der Waals surface area contributed by atoms with Crippen LogP contribution in [0, 0.1) is 17.0 Å². The van der Waals surface area contributed by atoms with Crippen LogP contribution in [0.2, 0.25) is 5.02 Å². The molecule has 0 saturated carbocycles. The van der Waals surface area contributed by atoms with Gasteiger partial charge in [-0.3, -0.25) is 14.8 Å². The molecule has 1 aromatic carbocycles. The zero-order valence-electron chi connectivity index (χ0n) is 10.1. The molecular formula is C10H9ClN4O4S. The predicted octanol–water partition coefficient (Wildman–Crippen LogP) is 2.08. The molecule has 0 atom stereocenters. The third-order valence-corrected chi connectivity index (χ3v) is 3.97. The summed E-state index contributed by atoms with van der Waals surface area (Å²) < 4.78 is 26.2. The van der Waals surface area contributed by atoms with Crippen molar-refractivity contribution in [3.8, 4) is 0 Å². The van der Waals surface area contributed by atoms with E-state index in [-0.39, 0.29) is 21.4 Å². The molecule has 0 bridgehead atoms. The van der Waals surface area contributed by atoms with E-state index < -0.39 is 14.9 Å². The molecule has 0 aliphatic carbocycles. The summed E-state index contributed by atoms with van der Waals surface area (Å²) in [5.41, 5.74) is -0.346. The first-order valence-electron chi connectivity index (χ1n) is 5.28. The van der Waals surface area contributed by atoms with E-state index in [1.54, 1.807) is 6.92 Å². The molecule has 0 unspecified atom stereocenters. The predicted molar refractivity (Wildman–Crippen MR) is 72.2 cm³/mol. The third-order valence-electron chi connectivity index (χ3n) is 2.36. The number of H-pyrrole nitrogens is 1. The molecule has 2 rings (SSSR count). The van der Waals surface area contributed by atoms with Crippen molar-refractivity contribution in [2.45, 2.75) is 11.9 Å². The van der Waals surface area contributed by atoms with Crippen molar-refractivity contribution in [2.24, 2.45) is 0 Å². The average molecular weight is 317 g/mol. The Morgan fingerprint density at radius 2 is 2.15 bits per heavy atom. The molecule has 0 aliphatic rings. The molecule has 10 heteroatoms. The van der Waals surface area contributed by atoms with Gasteiger partial charge in [-0.05, 0) is 19.1 Å². The number of hydrogen-bond donors (Lipinski definition) is 2. The molecule has 8 nitrogen and oxygen atoms in total. The van der Waals surface area contributed by atoms with Crippen molar-refractivity contribution in [2.75, 3.05) is 4.72 Å². The first kappa shape index (κ1) is 14.3. The number of aromatic amines is 1. The van der Waals surface area contributed by atoms with Gasteiger partial charge in [0, 0.05) is 6.07 Å². The molecule has 0 fully saturated rings. The quantitative estimate of drug-likeness (QED) is 0.661. The van der Waals surface area contributed by atoms with Crippen molar-refractivity contribution >= 4 is 33.0 Å². The summed E-state index contributed by atoms with van der Waals surface area (Å²) in [5, 5.41) is 10.5. The molecule has 2 aromatic rings. The van der Waals surface area contributed by atoms with Crippen LogP contribution in [0.5, 0.6) is 0 Å². The molecule has 1 aromatic heterocycles. The van der Waals surface area contributed by atoms with Crippen LogP contribution in [0.3, 0.4) is 0 Å². The summed E-state index contributed by atoms with van der Waals surface area (Å²) in [7, 11) is -3.88. The van der Waals surface area contributed by atoms with Crippen molar-refractivity contribution in [3.63, 3.8) is 0 Å². The second-order valence-corrected chi connectivity index (χ2v) is 5.92. The second-order valence-electron chi connectivity index (χ2n) is 3.86. The van der Waals surface area contributed by atoms with Crippen LogP contribution in [0.1, 0.15) is 5.82 Å². The van der Waals surface area contributed by atoms with Crippen molar-refractivity contribution < 1.29 is 13.3 Å². The van der Waals surface area contributed by atoms with Crippen LogP contribution >= 0.6 is 11.6 Å². The average Bonchev–Trinajstić information content (AvgIpc) is 2.78. The molecule has 1 heterocycles. The Balaban J connectivity index is 2.35. The van der Waals surface area contributed by atoms with Gasteiger partial charge in [-0.25, -0.2) is 4.98 Å². The number of rotatable bonds is 4. The molecule has 0 spiro atoms. The van der Waals surface area contributed by atoms with Gasteiger partial charge in [-0.1, -0.05) is 11.6 Å². The van der Waals surface area contributed by atoms with E-state index in [1.807, 2.05) is 0 Å². The van der Waals surface area contributed by atoms with Gasteiger partial charge >= 0.3 is 0 Å². The minimum absolute atomic E-state index is 0.0355. The smallest absolute Gasteiger partial charge is 0.289 e. The number of hydrogen-bond acceptors (Lipinski definition) is 5. The van der Waals surface area contributed by atoms with Gasteiger partial charge in [0.05, 0.1) is 16.8 Å². The van der Waals surface area contributed by atoms with Gasteiger partial charge < -0.3 is 4.98 Å². The number of halogens is 1. The number of benzene rings is 1. The van der Waals surface area contributed by atoms with E-state index in [2.05, 4.69) is 14.7 Å². The van der Waals surface area contributed by atoms with Crippen LogP contribution in [0.4, 0.5) is 11.4 Å². The fraction of sp³-hybridized carbons (Fsp3) is 0.100. The molecule has 0 aliphatic heterocycles. The Morgan fingerprint density at radius 3 is 2.70 bits per heavy atom. The van der Waals surface area contributed by atoms with Gasteiger partial charge in [0.15, 0.2) is 5.03 Å². The maximum atomic E-state index is 12.0. The highest BCUT2D eigenvalue weighted by atomic mass is 35.5. The molecule has 106 valence electrons. The first-order valence-corrected chi connectivity index (χ1v) is 7.14. The van der Waals surface area contributed by atoms with Gasteiger partial charge in [0.25, 0.3) is 15.7 Å². The van der Waals surface area contributed by atoms with E-state index in [0.717, 1.165) is 12.3 Å². The van der Waals surface area contributed by atoms with E-state index in [1.165, 1.54) is 12.1 Å². The number of aromatic nitrogens is 2. The Morgan fingerprint density at radius 1 is 1.45 bits per heavy atom. The minimum atomic E-state index is -3.88. The standard InChI is InChI=1S/C10H9ClN4O4S/c1-6-12-5-10(13-6)20(18,19)14-7-2-3-8(11)9(4-7)15(16)17/h2-5,14H,1H3,(H,12,13). The number of nitro groups is 1. The Bertz CT molecular complexity index is 771. The topological polar surface area (TPSA) is 118 Å². The van der Waals surface area contributed by atoms with Crippen LogP contribution in [0.25, 0.3) is 0 Å². The summed E-state index contributed by atoms with van der Waals surface area (Å²) in [4.78, 5) is 16.4. The number of nitrogens with one attached hydrogen (secondary N) is 2. The van der Waals surface area contributed by atoms with Gasteiger partial charge in [-0.15, -0.1) is 0 Å². The number of imidazole rings is 1. The largest absolute Gasteiger partial charge is 0.332 e. The van der Waals surface area contributed by atoms with E-state index in [9.17, 15) is 18.5 Å². The Labute approximate surface area is 119 Å². The minimum Gasteiger partial charge on any atom is -0.332 e. The number of nitro benzene ring substituents is 1. The summed E-state index contributed by atoms with van der Waals surface area (Å²) in [6.07, 6.45) is 1.15. The lowest BCUT2D eigenvalue weighted by atomic mass is 10.3. The molecule has 0 amide bonds. The third kappa shape index (κ3) is 2.89. The molecule has 20 heavy (non-hydrogen) atoms.